The first-order valence-electron chi connectivity index (χ1n) is 8.94. The summed E-state index contributed by atoms with van der Waals surface area (Å²) in [5.41, 5.74) is 3.43. The van der Waals surface area contributed by atoms with E-state index in [2.05, 4.69) is 6.07 Å². The normalized spacial score (nSPS) is 11.3. The second kappa shape index (κ2) is 9.24. The lowest BCUT2D eigenvalue weighted by atomic mass is 10.1. The Hall–Kier alpha value is -3.05. The minimum Gasteiger partial charge on any atom is -0.490 e. The van der Waals surface area contributed by atoms with Crippen molar-refractivity contribution >= 4 is 29.0 Å². The van der Waals surface area contributed by atoms with E-state index in [1.807, 2.05) is 61.7 Å². The van der Waals surface area contributed by atoms with Gasteiger partial charge in [-0.25, -0.2) is 4.79 Å². The van der Waals surface area contributed by atoms with Gasteiger partial charge in [0.2, 0.25) is 0 Å². The van der Waals surface area contributed by atoms with Crippen molar-refractivity contribution in [2.45, 2.75) is 13.8 Å². The van der Waals surface area contributed by atoms with Gasteiger partial charge in [-0.2, -0.15) is 0 Å². The Balaban J connectivity index is 1.55. The smallest absolute Gasteiger partial charge is 0.337 e. The first kappa shape index (κ1) is 19.7. The summed E-state index contributed by atoms with van der Waals surface area (Å²) in [5.74, 6) is 0.622. The number of carboxylic acids is 1. The number of hydrogen-bond donors (Lipinski definition) is 1. The van der Waals surface area contributed by atoms with Crippen molar-refractivity contribution < 1.29 is 19.4 Å². The fraction of sp³-hybridized carbons (Fsp3) is 0.174. The predicted octanol–water partition coefficient (Wildman–Crippen LogP) is 5.45. The van der Waals surface area contributed by atoms with Gasteiger partial charge in [0.15, 0.2) is 0 Å². The molecule has 0 fully saturated rings. The molecular formula is C23H22O4S. The standard InChI is InChI=1S/C23H22O4S/c1-16-12-17(2)14-20(13-16)27-10-9-26-19-7-5-18(6-8-19)15-21(23(24)25)22-4-3-11-28-22/h3-8,11-15H,9-10H2,1-2H3,(H,24,25)/b21-15+. The number of rotatable bonds is 8. The first-order chi connectivity index (χ1) is 13.5. The molecule has 1 aromatic heterocycles. The molecule has 2 aromatic carbocycles. The average molecular weight is 394 g/mol. The maximum Gasteiger partial charge on any atom is 0.337 e. The summed E-state index contributed by atoms with van der Waals surface area (Å²) in [7, 11) is 0. The monoisotopic (exact) mass is 394 g/mol. The highest BCUT2D eigenvalue weighted by molar-refractivity contribution is 7.11. The van der Waals surface area contributed by atoms with E-state index in [0.29, 0.717) is 19.0 Å². The maximum absolute atomic E-state index is 11.5. The number of benzene rings is 2. The zero-order valence-electron chi connectivity index (χ0n) is 15.8. The average Bonchev–Trinajstić information content (AvgIpc) is 3.17. The van der Waals surface area contributed by atoms with Gasteiger partial charge in [-0.1, -0.05) is 24.3 Å². The van der Waals surface area contributed by atoms with Crippen LogP contribution in [0.15, 0.2) is 60.0 Å². The van der Waals surface area contributed by atoms with Crippen molar-refractivity contribution in [3.05, 3.63) is 81.5 Å². The predicted molar refractivity (Wildman–Crippen MR) is 113 cm³/mol. The van der Waals surface area contributed by atoms with E-state index in [1.54, 1.807) is 12.1 Å². The van der Waals surface area contributed by atoms with Crippen LogP contribution in [0.3, 0.4) is 0 Å². The van der Waals surface area contributed by atoms with Crippen LogP contribution in [0.1, 0.15) is 21.6 Å². The summed E-state index contributed by atoms with van der Waals surface area (Å²) in [6.45, 7) is 4.96. The van der Waals surface area contributed by atoms with Crippen LogP contribution in [-0.2, 0) is 4.79 Å². The molecule has 4 nitrogen and oxygen atoms in total. The summed E-state index contributed by atoms with van der Waals surface area (Å²) in [6, 6.07) is 17.1. The van der Waals surface area contributed by atoms with Crippen LogP contribution in [0.2, 0.25) is 0 Å². The molecule has 0 aliphatic carbocycles. The van der Waals surface area contributed by atoms with Gasteiger partial charge in [0.05, 0.1) is 5.57 Å². The SMILES string of the molecule is Cc1cc(C)cc(OCCOc2ccc(/C=C(/C(=O)O)c3cccs3)cc2)c1. The second-order valence-corrected chi connectivity index (χ2v) is 7.38. The highest BCUT2D eigenvalue weighted by atomic mass is 32.1. The zero-order valence-corrected chi connectivity index (χ0v) is 16.7. The number of aryl methyl sites for hydroxylation is 2. The van der Waals surface area contributed by atoms with E-state index < -0.39 is 5.97 Å². The molecule has 1 heterocycles. The maximum atomic E-state index is 11.5. The molecule has 0 bridgehead atoms. The third-order valence-electron chi connectivity index (χ3n) is 4.02. The Morgan fingerprint density at radius 3 is 2.18 bits per heavy atom. The van der Waals surface area contributed by atoms with Crippen molar-refractivity contribution in [3.8, 4) is 11.5 Å². The quantitative estimate of drug-likeness (QED) is 0.408. The van der Waals surface area contributed by atoms with Gasteiger partial charge in [-0.05, 0) is 72.3 Å². The summed E-state index contributed by atoms with van der Waals surface area (Å²) in [6.07, 6.45) is 1.67. The number of carbonyl (C=O) groups is 1. The minimum atomic E-state index is -0.939. The largest absolute Gasteiger partial charge is 0.490 e. The van der Waals surface area contributed by atoms with Gasteiger partial charge in [-0.3, -0.25) is 0 Å². The highest BCUT2D eigenvalue weighted by Crippen LogP contribution is 2.24. The number of carboxylic acid groups (broad SMARTS) is 1. The van der Waals surface area contributed by atoms with Gasteiger partial charge in [0.25, 0.3) is 0 Å². The molecule has 0 aliphatic heterocycles. The van der Waals surface area contributed by atoms with Crippen LogP contribution < -0.4 is 9.47 Å². The molecule has 0 spiro atoms. The van der Waals surface area contributed by atoms with E-state index in [1.165, 1.54) is 22.5 Å². The Kier molecular flexibility index (Phi) is 6.50. The molecular weight excluding hydrogens is 372 g/mol. The Bertz CT molecular complexity index is 937. The van der Waals surface area contributed by atoms with E-state index in [4.69, 9.17) is 9.47 Å². The van der Waals surface area contributed by atoms with Crippen LogP contribution in [0.5, 0.6) is 11.5 Å². The van der Waals surface area contributed by atoms with Crippen LogP contribution in [-0.4, -0.2) is 24.3 Å². The van der Waals surface area contributed by atoms with Gasteiger partial charge in [0.1, 0.15) is 24.7 Å². The first-order valence-corrected chi connectivity index (χ1v) is 9.82. The molecule has 28 heavy (non-hydrogen) atoms. The molecule has 0 unspecified atom stereocenters. The van der Waals surface area contributed by atoms with Crippen LogP contribution in [0, 0.1) is 13.8 Å². The molecule has 3 aromatic rings. The van der Waals surface area contributed by atoms with E-state index in [-0.39, 0.29) is 5.57 Å². The van der Waals surface area contributed by atoms with Crippen LogP contribution in [0.25, 0.3) is 11.6 Å². The lowest BCUT2D eigenvalue weighted by molar-refractivity contribution is -0.130. The molecule has 3 rings (SSSR count). The van der Waals surface area contributed by atoms with Crippen LogP contribution in [0.4, 0.5) is 0 Å². The van der Waals surface area contributed by atoms with Gasteiger partial charge < -0.3 is 14.6 Å². The van der Waals surface area contributed by atoms with E-state index in [9.17, 15) is 9.90 Å². The lowest BCUT2D eigenvalue weighted by Gasteiger charge is -2.10. The van der Waals surface area contributed by atoms with Gasteiger partial charge in [0, 0.05) is 4.88 Å². The molecule has 0 aliphatic rings. The molecule has 144 valence electrons. The summed E-state index contributed by atoms with van der Waals surface area (Å²) in [4.78, 5) is 12.2. The number of thiophene rings is 1. The Labute approximate surface area is 168 Å². The van der Waals surface area contributed by atoms with Crippen molar-refractivity contribution in [1.29, 1.82) is 0 Å². The van der Waals surface area contributed by atoms with Crippen molar-refractivity contribution in [2.75, 3.05) is 13.2 Å². The number of hydrogen-bond acceptors (Lipinski definition) is 4. The third kappa shape index (κ3) is 5.47. The van der Waals surface area contributed by atoms with Crippen molar-refractivity contribution in [1.82, 2.24) is 0 Å². The summed E-state index contributed by atoms with van der Waals surface area (Å²) in [5, 5.41) is 11.3. The number of aliphatic carboxylic acids is 1. The molecule has 0 saturated carbocycles. The second-order valence-electron chi connectivity index (χ2n) is 6.43. The highest BCUT2D eigenvalue weighted by Gasteiger charge is 2.11. The number of ether oxygens (including phenoxy) is 2. The molecule has 0 radical (unpaired) electrons. The molecule has 0 saturated heterocycles. The van der Waals surface area contributed by atoms with Crippen molar-refractivity contribution in [3.63, 3.8) is 0 Å². The molecule has 0 amide bonds. The fourth-order valence-corrected chi connectivity index (χ4v) is 3.57. The fourth-order valence-electron chi connectivity index (χ4n) is 2.83. The third-order valence-corrected chi connectivity index (χ3v) is 4.93. The molecule has 1 N–H and O–H groups in total. The minimum absolute atomic E-state index is 0.283. The molecule has 0 atom stereocenters. The Morgan fingerprint density at radius 1 is 0.964 bits per heavy atom. The summed E-state index contributed by atoms with van der Waals surface area (Å²) >= 11 is 1.41. The van der Waals surface area contributed by atoms with E-state index in [0.717, 1.165) is 16.2 Å². The van der Waals surface area contributed by atoms with Crippen molar-refractivity contribution in [2.24, 2.45) is 0 Å². The topological polar surface area (TPSA) is 55.8 Å². The Morgan fingerprint density at radius 2 is 1.61 bits per heavy atom. The van der Waals surface area contributed by atoms with Crippen LogP contribution >= 0.6 is 11.3 Å². The lowest BCUT2D eigenvalue weighted by Crippen LogP contribution is -2.09. The molecule has 5 heteroatoms. The van der Waals surface area contributed by atoms with E-state index >= 15 is 0 Å². The van der Waals surface area contributed by atoms with Gasteiger partial charge >= 0.3 is 5.97 Å². The zero-order chi connectivity index (χ0) is 19.9. The van der Waals surface area contributed by atoms with Gasteiger partial charge in [-0.15, -0.1) is 11.3 Å². The summed E-state index contributed by atoms with van der Waals surface area (Å²) < 4.78 is 11.4.